The lowest BCUT2D eigenvalue weighted by Crippen LogP contribution is -2.38. The fourth-order valence-electron chi connectivity index (χ4n) is 2.53. The van der Waals surface area contributed by atoms with E-state index in [0.29, 0.717) is 13.1 Å². The Morgan fingerprint density at radius 3 is 2.33 bits per heavy atom. The van der Waals surface area contributed by atoms with Crippen LogP contribution in [0.3, 0.4) is 0 Å². The average Bonchev–Trinajstić information content (AvgIpc) is 2.57. The standard InChI is InChI=1S/C17H22N2O2/c1-12-9-13-5-7-19(16(20)21-17(2,3)4)8-6-14(13)10-15(12)11-18/h9-10H,5-8H2,1-4H3. The van der Waals surface area contributed by atoms with E-state index in [1.165, 1.54) is 11.1 Å². The molecular weight excluding hydrogens is 264 g/mol. The van der Waals surface area contributed by atoms with Crippen molar-refractivity contribution in [2.75, 3.05) is 13.1 Å². The van der Waals surface area contributed by atoms with Gasteiger partial charge in [-0.15, -0.1) is 0 Å². The van der Waals surface area contributed by atoms with Gasteiger partial charge < -0.3 is 9.64 Å². The maximum atomic E-state index is 12.2. The summed E-state index contributed by atoms with van der Waals surface area (Å²) in [5.74, 6) is 0. The summed E-state index contributed by atoms with van der Waals surface area (Å²) in [6.45, 7) is 8.87. The molecule has 1 aliphatic heterocycles. The zero-order valence-electron chi connectivity index (χ0n) is 13.2. The molecule has 1 aliphatic rings. The molecule has 0 bridgehead atoms. The lowest BCUT2D eigenvalue weighted by atomic mass is 9.97. The summed E-state index contributed by atoms with van der Waals surface area (Å²) >= 11 is 0. The van der Waals surface area contributed by atoms with Crippen LogP contribution < -0.4 is 0 Å². The van der Waals surface area contributed by atoms with Gasteiger partial charge in [0.25, 0.3) is 0 Å². The number of aryl methyl sites for hydroxylation is 1. The third-order valence-corrected chi connectivity index (χ3v) is 3.62. The molecule has 0 aliphatic carbocycles. The van der Waals surface area contributed by atoms with Gasteiger partial charge in [-0.3, -0.25) is 0 Å². The van der Waals surface area contributed by atoms with Crippen LogP contribution in [0, 0.1) is 18.3 Å². The molecule has 0 fully saturated rings. The van der Waals surface area contributed by atoms with E-state index < -0.39 is 5.60 Å². The molecule has 0 atom stereocenters. The van der Waals surface area contributed by atoms with Crippen molar-refractivity contribution in [1.82, 2.24) is 4.90 Å². The van der Waals surface area contributed by atoms with Crippen LogP contribution in [0.4, 0.5) is 4.79 Å². The van der Waals surface area contributed by atoms with Crippen LogP contribution in [0.5, 0.6) is 0 Å². The first-order chi connectivity index (χ1) is 9.80. The molecule has 0 spiro atoms. The van der Waals surface area contributed by atoms with Crippen LogP contribution in [0.1, 0.15) is 43.0 Å². The molecule has 1 aromatic carbocycles. The Hall–Kier alpha value is -2.02. The first kappa shape index (κ1) is 15.4. The highest BCUT2D eigenvalue weighted by Gasteiger charge is 2.24. The van der Waals surface area contributed by atoms with Crippen LogP contribution in [0.15, 0.2) is 12.1 Å². The molecule has 0 aromatic heterocycles. The zero-order valence-corrected chi connectivity index (χ0v) is 13.2. The van der Waals surface area contributed by atoms with E-state index >= 15 is 0 Å². The summed E-state index contributed by atoms with van der Waals surface area (Å²) < 4.78 is 5.43. The third-order valence-electron chi connectivity index (χ3n) is 3.62. The Kier molecular flexibility index (Phi) is 4.22. The van der Waals surface area contributed by atoms with Crippen LogP contribution in [-0.4, -0.2) is 29.7 Å². The number of rotatable bonds is 0. The van der Waals surface area contributed by atoms with E-state index in [2.05, 4.69) is 12.1 Å². The number of fused-ring (bicyclic) bond motifs is 1. The van der Waals surface area contributed by atoms with Gasteiger partial charge in [0.05, 0.1) is 11.6 Å². The average molecular weight is 286 g/mol. The van der Waals surface area contributed by atoms with E-state index in [0.717, 1.165) is 24.0 Å². The van der Waals surface area contributed by atoms with Crippen molar-refractivity contribution >= 4 is 6.09 Å². The summed E-state index contributed by atoms with van der Waals surface area (Å²) in [6, 6.07) is 6.26. The van der Waals surface area contributed by atoms with Crippen LogP contribution >= 0.6 is 0 Å². The monoisotopic (exact) mass is 286 g/mol. The molecule has 21 heavy (non-hydrogen) atoms. The first-order valence-corrected chi connectivity index (χ1v) is 7.30. The number of carbonyl (C=O) groups is 1. The van der Waals surface area contributed by atoms with E-state index in [1.807, 2.05) is 33.8 Å². The number of amides is 1. The Balaban J connectivity index is 2.14. The molecule has 0 unspecified atom stereocenters. The summed E-state index contributed by atoms with van der Waals surface area (Å²) in [4.78, 5) is 13.9. The highest BCUT2D eigenvalue weighted by molar-refractivity contribution is 5.68. The molecule has 1 amide bonds. The predicted molar refractivity (Wildman–Crippen MR) is 81.1 cm³/mol. The smallest absolute Gasteiger partial charge is 0.410 e. The van der Waals surface area contributed by atoms with Gasteiger partial charge in [-0.05, 0) is 63.3 Å². The van der Waals surface area contributed by atoms with E-state index in [4.69, 9.17) is 10.00 Å². The van der Waals surface area contributed by atoms with Crippen LogP contribution in [0.25, 0.3) is 0 Å². The molecular formula is C17H22N2O2. The van der Waals surface area contributed by atoms with Gasteiger partial charge in [-0.25, -0.2) is 4.79 Å². The molecule has 2 rings (SSSR count). The SMILES string of the molecule is Cc1cc2c(cc1C#N)CCN(C(=O)OC(C)(C)C)CC2. The molecule has 1 aromatic rings. The van der Waals surface area contributed by atoms with Crippen LogP contribution in [0.2, 0.25) is 0 Å². The van der Waals surface area contributed by atoms with Gasteiger partial charge in [0.2, 0.25) is 0 Å². The largest absolute Gasteiger partial charge is 0.444 e. The molecule has 0 N–H and O–H groups in total. The minimum Gasteiger partial charge on any atom is -0.444 e. The minimum atomic E-state index is -0.471. The van der Waals surface area contributed by atoms with Crippen molar-refractivity contribution in [1.29, 1.82) is 5.26 Å². The van der Waals surface area contributed by atoms with Crippen molar-refractivity contribution in [3.05, 3.63) is 34.4 Å². The quantitative estimate of drug-likeness (QED) is 0.736. The topological polar surface area (TPSA) is 53.3 Å². The fraction of sp³-hybridized carbons (Fsp3) is 0.529. The Bertz CT molecular complexity index is 594. The number of hydrogen-bond acceptors (Lipinski definition) is 3. The summed E-state index contributed by atoms with van der Waals surface area (Å²) in [5, 5.41) is 9.12. The van der Waals surface area contributed by atoms with E-state index in [1.54, 1.807) is 4.90 Å². The second kappa shape index (κ2) is 5.77. The predicted octanol–water partition coefficient (Wildman–Crippen LogP) is 3.20. The highest BCUT2D eigenvalue weighted by atomic mass is 16.6. The second-order valence-electron chi connectivity index (χ2n) is 6.52. The first-order valence-electron chi connectivity index (χ1n) is 7.30. The van der Waals surface area contributed by atoms with Gasteiger partial charge in [0.1, 0.15) is 5.60 Å². The maximum absolute atomic E-state index is 12.2. The Morgan fingerprint density at radius 2 is 1.81 bits per heavy atom. The van der Waals surface area contributed by atoms with Crippen LogP contribution in [-0.2, 0) is 17.6 Å². The van der Waals surface area contributed by atoms with Crippen molar-refractivity contribution in [2.24, 2.45) is 0 Å². The van der Waals surface area contributed by atoms with E-state index in [-0.39, 0.29) is 6.09 Å². The third kappa shape index (κ3) is 3.75. The number of carbonyl (C=O) groups excluding carboxylic acids is 1. The summed E-state index contributed by atoms with van der Waals surface area (Å²) in [7, 11) is 0. The van der Waals surface area contributed by atoms with Gasteiger partial charge in [-0.1, -0.05) is 6.07 Å². The second-order valence-corrected chi connectivity index (χ2v) is 6.52. The van der Waals surface area contributed by atoms with Crippen molar-refractivity contribution in [3.63, 3.8) is 0 Å². The molecule has 4 nitrogen and oxygen atoms in total. The number of hydrogen-bond donors (Lipinski definition) is 0. The molecule has 1 heterocycles. The maximum Gasteiger partial charge on any atom is 0.410 e. The summed E-state index contributed by atoms with van der Waals surface area (Å²) in [6.07, 6.45) is 1.32. The Morgan fingerprint density at radius 1 is 1.24 bits per heavy atom. The summed E-state index contributed by atoms with van der Waals surface area (Å²) in [5.41, 5.74) is 3.66. The lowest BCUT2D eigenvalue weighted by Gasteiger charge is -2.26. The molecule has 4 heteroatoms. The zero-order chi connectivity index (χ0) is 15.6. The number of benzene rings is 1. The van der Waals surface area contributed by atoms with Gasteiger partial charge in [0.15, 0.2) is 0 Å². The van der Waals surface area contributed by atoms with E-state index in [9.17, 15) is 4.79 Å². The fourth-order valence-corrected chi connectivity index (χ4v) is 2.53. The van der Waals surface area contributed by atoms with Crippen molar-refractivity contribution in [2.45, 2.75) is 46.1 Å². The Labute approximate surface area is 126 Å². The molecule has 112 valence electrons. The number of nitrogens with zero attached hydrogens (tertiary/aromatic N) is 2. The number of nitriles is 1. The van der Waals surface area contributed by atoms with Crippen molar-refractivity contribution < 1.29 is 9.53 Å². The lowest BCUT2D eigenvalue weighted by molar-refractivity contribution is 0.0258. The molecule has 0 radical (unpaired) electrons. The molecule has 0 saturated heterocycles. The van der Waals surface area contributed by atoms with Crippen molar-refractivity contribution in [3.8, 4) is 6.07 Å². The van der Waals surface area contributed by atoms with Gasteiger partial charge in [0, 0.05) is 13.1 Å². The van der Waals surface area contributed by atoms with Gasteiger partial charge in [-0.2, -0.15) is 5.26 Å². The molecule has 0 saturated carbocycles. The number of ether oxygens (including phenoxy) is 1. The minimum absolute atomic E-state index is 0.257. The normalized spacial score (nSPS) is 14.9. The van der Waals surface area contributed by atoms with Gasteiger partial charge >= 0.3 is 6.09 Å². The highest BCUT2D eigenvalue weighted by Crippen LogP contribution is 2.21.